The second-order valence-corrected chi connectivity index (χ2v) is 15.7. The third-order valence-electron chi connectivity index (χ3n) is 8.01. The number of urea groups is 1. The normalized spacial score (nSPS) is 14.0. The molecule has 0 radical (unpaired) electrons. The second kappa shape index (κ2) is 14.2. The zero-order chi connectivity index (χ0) is 33.8. The molecule has 0 aliphatic heterocycles. The molecule has 2 heterocycles. The van der Waals surface area contributed by atoms with Gasteiger partial charge in [0.1, 0.15) is 11.6 Å². The lowest BCUT2D eigenvalue weighted by Gasteiger charge is -2.23. The Morgan fingerprint density at radius 2 is 1.62 bits per heavy atom. The minimum atomic E-state index is -3.62. The number of sulfonamides is 1. The van der Waals surface area contributed by atoms with Crippen molar-refractivity contribution in [3.8, 4) is 5.75 Å². The van der Waals surface area contributed by atoms with Crippen LogP contribution in [0.15, 0.2) is 54.6 Å². The zero-order valence-electron chi connectivity index (χ0n) is 27.3. The van der Waals surface area contributed by atoms with Crippen LogP contribution >= 0.6 is 11.3 Å². The van der Waals surface area contributed by atoms with Gasteiger partial charge < -0.3 is 20.7 Å². The number of nitrogens with zero attached hydrogens (tertiary/aromatic N) is 1. The third-order valence-corrected chi connectivity index (χ3v) is 9.78. The first-order valence-corrected chi connectivity index (χ1v) is 18.3. The lowest BCUT2D eigenvalue weighted by molar-refractivity contribution is 0.103. The summed E-state index contributed by atoms with van der Waals surface area (Å²) in [7, 11) is -2.20. The number of aromatic nitrogens is 1. The van der Waals surface area contributed by atoms with E-state index in [1.165, 1.54) is 50.6 Å². The van der Waals surface area contributed by atoms with Crippen molar-refractivity contribution in [1.82, 2.24) is 4.98 Å². The van der Waals surface area contributed by atoms with Gasteiger partial charge >= 0.3 is 6.03 Å². The highest BCUT2D eigenvalue weighted by atomic mass is 32.2. The van der Waals surface area contributed by atoms with Gasteiger partial charge in [-0.2, -0.15) is 0 Å². The molecule has 4 aromatic rings. The van der Waals surface area contributed by atoms with Crippen molar-refractivity contribution in [1.29, 1.82) is 0 Å². The van der Waals surface area contributed by atoms with Gasteiger partial charge in [-0.1, -0.05) is 58.2 Å². The molecule has 11 nitrogen and oxygen atoms in total. The van der Waals surface area contributed by atoms with Gasteiger partial charge in [0.25, 0.3) is 5.91 Å². The quantitative estimate of drug-likeness (QED) is 0.115. The van der Waals surface area contributed by atoms with E-state index in [9.17, 15) is 18.0 Å². The summed E-state index contributed by atoms with van der Waals surface area (Å²) in [6.45, 7) is 6.84. The molecule has 3 amide bonds. The first-order chi connectivity index (χ1) is 22.3. The number of ether oxygens (including phenoxy) is 1. The van der Waals surface area contributed by atoms with Crippen LogP contribution in [-0.4, -0.2) is 45.3 Å². The van der Waals surface area contributed by atoms with Crippen molar-refractivity contribution in [2.75, 3.05) is 45.9 Å². The van der Waals surface area contributed by atoms with E-state index >= 15 is 0 Å². The molecule has 2 aromatic carbocycles. The summed E-state index contributed by atoms with van der Waals surface area (Å²) in [6.07, 6.45) is 7.38. The fraction of sp³-hybridized carbons (Fsp3) is 0.382. The molecule has 1 aliphatic rings. The zero-order valence-corrected chi connectivity index (χ0v) is 29.0. The Kier molecular flexibility index (Phi) is 10.3. The smallest absolute Gasteiger partial charge is 0.324 e. The maximum atomic E-state index is 13.6. The van der Waals surface area contributed by atoms with Crippen molar-refractivity contribution >= 4 is 72.1 Å². The predicted molar refractivity (Wildman–Crippen MR) is 192 cm³/mol. The van der Waals surface area contributed by atoms with Crippen molar-refractivity contribution < 1.29 is 22.7 Å². The highest BCUT2D eigenvalue weighted by Gasteiger charge is 2.23. The molecule has 2 aromatic heterocycles. The number of benzene rings is 2. The van der Waals surface area contributed by atoms with E-state index in [1.54, 1.807) is 36.4 Å². The first kappa shape index (κ1) is 34.0. The van der Waals surface area contributed by atoms with Crippen LogP contribution < -0.4 is 30.7 Å². The minimum absolute atomic E-state index is 0.193. The van der Waals surface area contributed by atoms with E-state index in [0.29, 0.717) is 33.8 Å². The molecule has 1 aliphatic carbocycles. The van der Waals surface area contributed by atoms with E-state index in [2.05, 4.69) is 31.0 Å². The summed E-state index contributed by atoms with van der Waals surface area (Å²) in [4.78, 5) is 31.5. The van der Waals surface area contributed by atoms with Crippen LogP contribution in [0.25, 0.3) is 10.1 Å². The van der Waals surface area contributed by atoms with Crippen LogP contribution in [0.1, 0.15) is 68.1 Å². The SMILES string of the molecule is COc1c(NC(=O)c2cc3cccc(NC(=O)Nc4cccc(NCC5CCCCC5)n4)c3s2)cc(C(C)(C)C)cc1NS(C)(=O)=O. The number of nitrogens with one attached hydrogen (secondary N) is 5. The molecule has 0 unspecified atom stereocenters. The topological polar surface area (TPSA) is 151 Å². The van der Waals surface area contributed by atoms with Gasteiger partial charge in [0.15, 0.2) is 5.75 Å². The molecular weight excluding hydrogens is 637 g/mol. The Morgan fingerprint density at radius 3 is 2.32 bits per heavy atom. The summed E-state index contributed by atoms with van der Waals surface area (Å²) in [5, 5.41) is 12.8. The number of thiophene rings is 1. The number of methoxy groups -OCH3 is 1. The highest BCUT2D eigenvalue weighted by molar-refractivity contribution is 7.92. The van der Waals surface area contributed by atoms with Gasteiger partial charge in [0.2, 0.25) is 10.0 Å². The van der Waals surface area contributed by atoms with Crippen LogP contribution in [-0.2, 0) is 15.4 Å². The molecule has 1 saturated carbocycles. The molecule has 13 heteroatoms. The van der Waals surface area contributed by atoms with E-state index < -0.39 is 22.0 Å². The fourth-order valence-electron chi connectivity index (χ4n) is 5.62. The van der Waals surface area contributed by atoms with Gasteiger partial charge in [-0.05, 0) is 71.5 Å². The largest absolute Gasteiger partial charge is 0.492 e. The van der Waals surface area contributed by atoms with Crippen LogP contribution in [0.5, 0.6) is 5.75 Å². The van der Waals surface area contributed by atoms with Gasteiger partial charge in [0.05, 0.1) is 40.0 Å². The molecule has 47 heavy (non-hydrogen) atoms. The van der Waals surface area contributed by atoms with Gasteiger partial charge in [-0.15, -0.1) is 11.3 Å². The lowest BCUT2D eigenvalue weighted by Crippen LogP contribution is -2.21. The number of carbonyl (C=O) groups excluding carboxylic acids is 2. The average Bonchev–Trinajstić information content (AvgIpc) is 3.45. The van der Waals surface area contributed by atoms with Crippen LogP contribution in [0.4, 0.5) is 33.5 Å². The number of pyridine rings is 1. The number of anilines is 5. The summed E-state index contributed by atoms with van der Waals surface area (Å²) < 4.78 is 33.0. The Labute approximate surface area is 280 Å². The molecule has 5 rings (SSSR count). The van der Waals surface area contributed by atoms with Gasteiger partial charge in [-0.3, -0.25) is 14.8 Å². The summed E-state index contributed by atoms with van der Waals surface area (Å²) in [6, 6.07) is 15.7. The number of hydrogen-bond acceptors (Lipinski definition) is 8. The standard InChI is InChI=1S/C34H42N6O5S2/c1-34(2,3)23-18-25(30(45-4)26(19-23)40-47(5,43)44)36-32(41)27-17-22-13-9-14-24(31(22)46-27)37-33(42)39-29-16-10-15-28(38-29)35-20-21-11-7-6-8-12-21/h9-10,13-19,21,40H,6-8,11-12,20H2,1-5H3,(H,36,41)(H3,35,37,38,39,42). The van der Waals surface area contributed by atoms with Crippen molar-refractivity contribution in [3.05, 3.63) is 65.0 Å². The molecule has 0 spiro atoms. The van der Waals surface area contributed by atoms with E-state index in [-0.39, 0.29) is 16.9 Å². The van der Waals surface area contributed by atoms with Crippen LogP contribution in [0.3, 0.4) is 0 Å². The Morgan fingerprint density at radius 1 is 0.915 bits per heavy atom. The molecule has 0 saturated heterocycles. The van der Waals surface area contributed by atoms with E-state index in [0.717, 1.165) is 28.5 Å². The molecule has 0 atom stereocenters. The Balaban J connectivity index is 1.31. The monoisotopic (exact) mass is 678 g/mol. The van der Waals surface area contributed by atoms with Crippen LogP contribution in [0.2, 0.25) is 0 Å². The predicted octanol–water partition coefficient (Wildman–Crippen LogP) is 7.86. The van der Waals surface area contributed by atoms with Gasteiger partial charge in [0, 0.05) is 6.54 Å². The number of fused-ring (bicyclic) bond motifs is 1. The maximum absolute atomic E-state index is 13.6. The van der Waals surface area contributed by atoms with Crippen LogP contribution in [0, 0.1) is 5.92 Å². The molecule has 1 fully saturated rings. The highest BCUT2D eigenvalue weighted by Crippen LogP contribution is 2.40. The molecule has 250 valence electrons. The number of rotatable bonds is 10. The molecule has 5 N–H and O–H groups in total. The maximum Gasteiger partial charge on any atom is 0.324 e. The minimum Gasteiger partial charge on any atom is -0.492 e. The average molecular weight is 679 g/mol. The fourth-order valence-corrected chi connectivity index (χ4v) is 7.19. The van der Waals surface area contributed by atoms with Crippen molar-refractivity contribution in [3.63, 3.8) is 0 Å². The number of amides is 3. The second-order valence-electron chi connectivity index (χ2n) is 12.9. The summed E-state index contributed by atoms with van der Waals surface area (Å²) >= 11 is 1.23. The summed E-state index contributed by atoms with van der Waals surface area (Å²) in [5.74, 6) is 1.57. The summed E-state index contributed by atoms with van der Waals surface area (Å²) in [5.41, 5.74) is 1.55. The molecule has 0 bridgehead atoms. The number of carbonyl (C=O) groups is 2. The Hall–Kier alpha value is -4.36. The van der Waals surface area contributed by atoms with Crippen molar-refractivity contribution in [2.45, 2.75) is 58.3 Å². The van der Waals surface area contributed by atoms with Gasteiger partial charge in [-0.25, -0.2) is 18.2 Å². The van der Waals surface area contributed by atoms with E-state index in [4.69, 9.17) is 4.74 Å². The number of hydrogen-bond donors (Lipinski definition) is 5. The molecular formula is C34H42N6O5S2. The van der Waals surface area contributed by atoms with E-state index in [1.807, 2.05) is 39.0 Å². The van der Waals surface area contributed by atoms with Crippen molar-refractivity contribution in [2.24, 2.45) is 5.92 Å². The Bertz CT molecular complexity index is 1880. The third kappa shape index (κ3) is 8.92. The lowest BCUT2D eigenvalue weighted by atomic mass is 9.86. The first-order valence-electron chi connectivity index (χ1n) is 15.6.